The molecule has 0 bridgehead atoms. The molecule has 0 radical (unpaired) electrons. The molecule has 0 fully saturated rings. The third kappa shape index (κ3) is 4.48. The van der Waals surface area contributed by atoms with Gasteiger partial charge in [-0.15, -0.1) is 0 Å². The van der Waals surface area contributed by atoms with Crippen LogP contribution in [0.5, 0.6) is 0 Å². The number of nitrogens with zero attached hydrogens (tertiary/aromatic N) is 3. The Balaban J connectivity index is 3.84. The van der Waals surface area contributed by atoms with Crippen LogP contribution >= 0.6 is 0 Å². The average molecular weight is 385 g/mol. The maximum absolute atomic E-state index is 12.6. The highest BCUT2D eigenvalue weighted by molar-refractivity contribution is 5.81. The predicted octanol–water partition coefficient (Wildman–Crippen LogP) is -1.72. The second kappa shape index (κ2) is 7.97. The van der Waals surface area contributed by atoms with E-state index in [0.717, 1.165) is 26.0 Å². The molecule has 0 amide bonds. The fourth-order valence-electron chi connectivity index (χ4n) is 2.10. The first-order chi connectivity index (χ1) is 12.4. The van der Waals surface area contributed by atoms with Crippen molar-refractivity contribution in [2.75, 3.05) is 0 Å². The van der Waals surface area contributed by atoms with Crippen LogP contribution in [0.25, 0.3) is 0 Å². The predicted molar refractivity (Wildman–Crippen MR) is 89.3 cm³/mol. The second-order valence-electron chi connectivity index (χ2n) is 5.37. The van der Waals surface area contributed by atoms with Crippen molar-refractivity contribution in [1.29, 1.82) is 0 Å². The summed E-state index contributed by atoms with van der Waals surface area (Å²) in [6.07, 6.45) is -1.57. The third-order valence-corrected chi connectivity index (χ3v) is 3.26. The van der Waals surface area contributed by atoms with Crippen molar-refractivity contribution in [3.8, 4) is 0 Å². The minimum Gasteiger partial charge on any atom is -0.438 e. The molecule has 1 aromatic heterocycles. The van der Waals surface area contributed by atoms with E-state index in [1.54, 1.807) is 0 Å². The van der Waals surface area contributed by atoms with Crippen molar-refractivity contribution in [2.45, 2.75) is 39.1 Å². The Morgan fingerprint density at radius 1 is 0.926 bits per heavy atom. The van der Waals surface area contributed by atoms with Crippen LogP contribution in [0.2, 0.25) is 0 Å². The van der Waals surface area contributed by atoms with E-state index < -0.39 is 47.4 Å². The smallest absolute Gasteiger partial charge is 0.343 e. The van der Waals surface area contributed by atoms with Crippen LogP contribution in [0.15, 0.2) is 39.7 Å². The van der Waals surface area contributed by atoms with Crippen LogP contribution in [-0.2, 0) is 25.0 Å². The largest absolute Gasteiger partial charge is 0.438 e. The van der Waals surface area contributed by atoms with E-state index in [0.29, 0.717) is 6.92 Å². The SMILES string of the molecule is C=CC(=O)OC(C)n1c(=O)n(C(C)OC(=O)C=C)c(=O)n(C(C)(O)O)c1=O. The average Bonchev–Trinajstić information content (AvgIpc) is 2.52. The van der Waals surface area contributed by atoms with Crippen LogP contribution in [-0.4, -0.2) is 35.9 Å². The van der Waals surface area contributed by atoms with E-state index in [9.17, 15) is 34.2 Å². The number of hydrogen-bond acceptors (Lipinski definition) is 9. The zero-order chi connectivity index (χ0) is 21.1. The fourth-order valence-corrected chi connectivity index (χ4v) is 2.10. The van der Waals surface area contributed by atoms with Gasteiger partial charge in [0.2, 0.25) is 0 Å². The number of esters is 2. The summed E-state index contributed by atoms with van der Waals surface area (Å²) in [6, 6.07) is 0. The number of aliphatic hydroxyl groups is 2. The van der Waals surface area contributed by atoms with Crippen LogP contribution in [0, 0.1) is 0 Å². The van der Waals surface area contributed by atoms with Gasteiger partial charge in [0.15, 0.2) is 12.5 Å². The first kappa shape index (κ1) is 21.8. The Morgan fingerprint density at radius 2 is 1.26 bits per heavy atom. The molecular formula is C15H19N3O9. The summed E-state index contributed by atoms with van der Waals surface area (Å²) in [5, 5.41) is 19.5. The molecule has 27 heavy (non-hydrogen) atoms. The van der Waals surface area contributed by atoms with E-state index >= 15 is 0 Å². The highest BCUT2D eigenvalue weighted by Gasteiger charge is 2.31. The highest BCUT2D eigenvalue weighted by Crippen LogP contribution is 2.07. The molecule has 1 aromatic rings. The molecule has 0 aliphatic rings. The summed E-state index contributed by atoms with van der Waals surface area (Å²) in [7, 11) is 0. The van der Waals surface area contributed by atoms with E-state index in [1.165, 1.54) is 0 Å². The molecule has 1 rings (SSSR count). The zero-order valence-corrected chi connectivity index (χ0v) is 14.8. The molecule has 12 heteroatoms. The lowest BCUT2D eigenvalue weighted by molar-refractivity contribution is -0.220. The van der Waals surface area contributed by atoms with Gasteiger partial charge in [0.25, 0.3) is 5.91 Å². The summed E-state index contributed by atoms with van der Waals surface area (Å²) in [5.74, 6) is -4.99. The lowest BCUT2D eigenvalue weighted by Gasteiger charge is -2.24. The molecule has 1 heterocycles. The Hall–Kier alpha value is -3.25. The molecule has 0 spiro atoms. The number of rotatable bonds is 7. The summed E-state index contributed by atoms with van der Waals surface area (Å²) in [4.78, 5) is 60.3. The highest BCUT2D eigenvalue weighted by atomic mass is 16.6. The van der Waals surface area contributed by atoms with Gasteiger partial charge in [-0.05, 0) is 13.8 Å². The van der Waals surface area contributed by atoms with E-state index in [2.05, 4.69) is 13.2 Å². The minimum atomic E-state index is -3.02. The molecule has 0 saturated heterocycles. The molecule has 2 N–H and O–H groups in total. The topological polar surface area (TPSA) is 159 Å². The number of hydrogen-bond donors (Lipinski definition) is 2. The van der Waals surface area contributed by atoms with Gasteiger partial charge in [-0.25, -0.2) is 33.1 Å². The third-order valence-electron chi connectivity index (χ3n) is 3.26. The molecule has 2 unspecified atom stereocenters. The summed E-state index contributed by atoms with van der Waals surface area (Å²) in [5.41, 5.74) is -4.26. The second-order valence-corrected chi connectivity index (χ2v) is 5.37. The first-order valence-corrected chi connectivity index (χ1v) is 7.48. The molecule has 0 saturated carbocycles. The maximum atomic E-state index is 12.6. The summed E-state index contributed by atoms with van der Waals surface area (Å²) < 4.78 is 10.0. The first-order valence-electron chi connectivity index (χ1n) is 7.48. The van der Waals surface area contributed by atoms with E-state index in [4.69, 9.17) is 9.47 Å². The normalized spacial score (nSPS) is 13.4. The molecule has 0 aromatic carbocycles. The number of carbonyl (C=O) groups is 2. The van der Waals surface area contributed by atoms with Gasteiger partial charge in [-0.3, -0.25) is 0 Å². The number of carbonyl (C=O) groups excluding carboxylic acids is 2. The van der Waals surface area contributed by atoms with Crippen LogP contribution in [0.1, 0.15) is 33.2 Å². The number of ether oxygens (including phenoxy) is 2. The Kier molecular flexibility index (Phi) is 6.43. The van der Waals surface area contributed by atoms with Gasteiger partial charge in [0.1, 0.15) is 0 Å². The van der Waals surface area contributed by atoms with Crippen molar-refractivity contribution >= 4 is 11.9 Å². The van der Waals surface area contributed by atoms with Gasteiger partial charge >= 0.3 is 29.0 Å². The van der Waals surface area contributed by atoms with Crippen LogP contribution in [0.3, 0.4) is 0 Å². The van der Waals surface area contributed by atoms with Gasteiger partial charge in [0.05, 0.1) is 0 Å². The van der Waals surface area contributed by atoms with E-state index in [-0.39, 0.29) is 13.7 Å². The molecule has 148 valence electrons. The monoisotopic (exact) mass is 385 g/mol. The molecule has 0 aliphatic carbocycles. The fraction of sp³-hybridized carbons (Fsp3) is 0.400. The van der Waals surface area contributed by atoms with Crippen LogP contribution in [0.4, 0.5) is 0 Å². The Bertz CT molecular complexity index is 879. The standard InChI is InChI=1S/C15H19N3O9/c1-6-10(19)26-8(3)16-12(21)17(9(4)27-11(20)7-2)14(23)18(13(16)22)15(5,24)25/h6-9,24-25H,1-2H2,3-5H3. The molecule has 12 nitrogen and oxygen atoms in total. The van der Waals surface area contributed by atoms with Crippen LogP contribution < -0.4 is 17.1 Å². The lowest BCUT2D eigenvalue weighted by Crippen LogP contribution is -2.61. The summed E-state index contributed by atoms with van der Waals surface area (Å²) >= 11 is 0. The molecule has 0 aliphatic heterocycles. The van der Waals surface area contributed by atoms with Gasteiger partial charge < -0.3 is 19.7 Å². The van der Waals surface area contributed by atoms with Gasteiger partial charge in [-0.1, -0.05) is 13.2 Å². The van der Waals surface area contributed by atoms with Crippen molar-refractivity contribution < 1.29 is 29.3 Å². The minimum absolute atomic E-state index is 0.0785. The Labute approximate surface area is 151 Å². The van der Waals surface area contributed by atoms with Crippen molar-refractivity contribution in [2.24, 2.45) is 0 Å². The quantitative estimate of drug-likeness (QED) is 0.316. The molecular weight excluding hydrogens is 366 g/mol. The van der Waals surface area contributed by atoms with E-state index in [1.807, 2.05) is 0 Å². The van der Waals surface area contributed by atoms with Crippen molar-refractivity contribution in [3.05, 3.63) is 56.8 Å². The van der Waals surface area contributed by atoms with Crippen molar-refractivity contribution in [3.63, 3.8) is 0 Å². The van der Waals surface area contributed by atoms with Gasteiger partial charge in [0, 0.05) is 19.1 Å². The zero-order valence-electron chi connectivity index (χ0n) is 14.8. The van der Waals surface area contributed by atoms with Crippen molar-refractivity contribution in [1.82, 2.24) is 13.7 Å². The lowest BCUT2D eigenvalue weighted by atomic mass is 10.5. The molecule has 2 atom stereocenters. The van der Waals surface area contributed by atoms with Gasteiger partial charge in [-0.2, -0.15) is 4.57 Å². The Morgan fingerprint density at radius 3 is 1.52 bits per heavy atom. The number of aromatic nitrogens is 3. The summed E-state index contributed by atoms with van der Waals surface area (Å²) in [6.45, 7) is 9.26. The maximum Gasteiger partial charge on any atom is 0.343 e.